The summed E-state index contributed by atoms with van der Waals surface area (Å²) in [4.78, 5) is 0. The summed E-state index contributed by atoms with van der Waals surface area (Å²) in [5.74, 6) is 0. The minimum atomic E-state index is -0.355. The highest BCUT2D eigenvalue weighted by Crippen LogP contribution is 2.61. The molecule has 0 bridgehead atoms. The van der Waals surface area contributed by atoms with E-state index in [0.717, 1.165) is 0 Å². The molecular formula is C44H47BO2. The molecule has 0 radical (unpaired) electrons. The first-order valence-electron chi connectivity index (χ1n) is 17.9. The van der Waals surface area contributed by atoms with E-state index in [9.17, 15) is 0 Å². The molecule has 2 nitrogen and oxygen atoms in total. The molecule has 3 heteroatoms. The minimum Gasteiger partial charge on any atom is -0.400 e. The van der Waals surface area contributed by atoms with E-state index in [4.69, 9.17) is 9.31 Å². The minimum absolute atomic E-state index is 0.0413. The molecule has 1 aliphatic heterocycles. The number of benzene rings is 4. The number of fused-ring (bicyclic) bond motifs is 10. The lowest BCUT2D eigenvalue weighted by Crippen LogP contribution is -2.41. The number of rotatable bonds is 2. The van der Waals surface area contributed by atoms with E-state index < -0.39 is 0 Å². The molecule has 4 aromatic rings. The van der Waals surface area contributed by atoms with Crippen LogP contribution in [-0.4, -0.2) is 18.3 Å². The van der Waals surface area contributed by atoms with Gasteiger partial charge in [-0.2, -0.15) is 0 Å². The van der Waals surface area contributed by atoms with Gasteiger partial charge in [-0.25, -0.2) is 0 Å². The second-order valence-electron chi connectivity index (χ2n) is 17.1. The van der Waals surface area contributed by atoms with E-state index >= 15 is 0 Å². The fraction of sp³-hybridized carbons (Fsp3) is 0.409. The maximum Gasteiger partial charge on any atom is 0.491 e. The van der Waals surface area contributed by atoms with Gasteiger partial charge < -0.3 is 9.31 Å². The van der Waals surface area contributed by atoms with Gasteiger partial charge in [0, 0.05) is 16.2 Å². The van der Waals surface area contributed by atoms with E-state index in [0.29, 0.717) is 0 Å². The molecule has 4 aliphatic carbocycles. The number of hydrogen-bond acceptors (Lipinski definition) is 2. The summed E-state index contributed by atoms with van der Waals surface area (Å²) in [6.07, 6.45) is 10.9. The van der Waals surface area contributed by atoms with E-state index in [1.165, 1.54) is 92.9 Å². The van der Waals surface area contributed by atoms with Crippen LogP contribution in [0.25, 0.3) is 38.6 Å². The molecule has 1 spiro atoms. The average molecular weight is 619 g/mol. The zero-order chi connectivity index (χ0) is 32.7. The fourth-order valence-electron chi connectivity index (χ4n) is 9.90. The van der Waals surface area contributed by atoms with Crippen molar-refractivity contribution in [1.82, 2.24) is 0 Å². The Kier molecular flexibility index (Phi) is 5.94. The van der Waals surface area contributed by atoms with Crippen LogP contribution in [0.3, 0.4) is 0 Å². The topological polar surface area (TPSA) is 18.5 Å². The Balaban J connectivity index is 1.16. The second-order valence-corrected chi connectivity index (χ2v) is 17.1. The van der Waals surface area contributed by atoms with Crippen LogP contribution in [0.1, 0.15) is 115 Å². The lowest BCUT2D eigenvalue weighted by Gasteiger charge is -2.37. The summed E-state index contributed by atoms with van der Waals surface area (Å²) in [7, 11) is -0.336. The molecular weight excluding hydrogens is 571 g/mol. The first-order chi connectivity index (χ1) is 22.3. The molecule has 2 fully saturated rings. The van der Waals surface area contributed by atoms with E-state index in [-0.39, 0.29) is 34.6 Å². The normalized spacial score (nSPS) is 23.4. The Morgan fingerprint density at radius 1 is 0.574 bits per heavy atom. The zero-order valence-electron chi connectivity index (χ0n) is 29.4. The van der Waals surface area contributed by atoms with Crippen molar-refractivity contribution >= 4 is 23.5 Å². The Bertz CT molecular complexity index is 2070. The Morgan fingerprint density at radius 3 is 2.00 bits per heavy atom. The molecule has 0 aromatic heterocycles. The summed E-state index contributed by atoms with van der Waals surface area (Å²) in [6.45, 7) is 18.1. The predicted octanol–water partition coefficient (Wildman–Crippen LogP) is 11.4. The SMILES string of the molecule is CC1(C)C(B2OC(C)(C)C(C)(C)O2)=CC=C1c1ccc2c(c1)C1(CCCCC1)c1cc3c(cc1-2)C(C)(C)c1ccc2ccccc2c1-3. The zero-order valence-corrected chi connectivity index (χ0v) is 29.4. The third kappa shape index (κ3) is 3.82. The number of hydrogen-bond donors (Lipinski definition) is 0. The smallest absolute Gasteiger partial charge is 0.400 e. The van der Waals surface area contributed by atoms with Gasteiger partial charge in [-0.15, -0.1) is 0 Å². The molecule has 1 heterocycles. The average Bonchev–Trinajstić information content (AvgIpc) is 3.64. The van der Waals surface area contributed by atoms with Crippen molar-refractivity contribution in [2.75, 3.05) is 0 Å². The maximum atomic E-state index is 6.56. The van der Waals surface area contributed by atoms with Crippen molar-refractivity contribution in [3.8, 4) is 22.3 Å². The molecule has 9 rings (SSSR count). The van der Waals surface area contributed by atoms with E-state index in [1.54, 1.807) is 11.1 Å². The largest absolute Gasteiger partial charge is 0.491 e. The van der Waals surface area contributed by atoms with Gasteiger partial charge in [-0.3, -0.25) is 0 Å². The van der Waals surface area contributed by atoms with Gasteiger partial charge in [-0.1, -0.05) is 108 Å². The van der Waals surface area contributed by atoms with Crippen molar-refractivity contribution in [3.05, 3.63) is 112 Å². The third-order valence-electron chi connectivity index (χ3n) is 13.4. The molecule has 47 heavy (non-hydrogen) atoms. The summed E-state index contributed by atoms with van der Waals surface area (Å²) in [5.41, 5.74) is 14.9. The first-order valence-corrected chi connectivity index (χ1v) is 17.9. The third-order valence-corrected chi connectivity index (χ3v) is 13.4. The van der Waals surface area contributed by atoms with Gasteiger partial charge in [0.15, 0.2) is 0 Å². The molecule has 0 N–H and O–H groups in total. The monoisotopic (exact) mass is 618 g/mol. The molecule has 0 atom stereocenters. The Labute approximate surface area is 281 Å². The lowest BCUT2D eigenvalue weighted by molar-refractivity contribution is 0.00578. The van der Waals surface area contributed by atoms with Gasteiger partial charge in [0.2, 0.25) is 0 Å². The summed E-state index contributed by atoms with van der Waals surface area (Å²) in [6, 6.07) is 26.3. The van der Waals surface area contributed by atoms with Gasteiger partial charge in [0.1, 0.15) is 0 Å². The van der Waals surface area contributed by atoms with Crippen molar-refractivity contribution in [2.45, 2.75) is 110 Å². The van der Waals surface area contributed by atoms with Crippen LogP contribution < -0.4 is 0 Å². The summed E-state index contributed by atoms with van der Waals surface area (Å²) in [5, 5.41) is 2.71. The van der Waals surface area contributed by atoms with Crippen LogP contribution in [0.4, 0.5) is 0 Å². The molecule has 5 aliphatic rings. The molecule has 0 amide bonds. The summed E-state index contributed by atoms with van der Waals surface area (Å²) < 4.78 is 13.1. The first kappa shape index (κ1) is 29.7. The Hall–Kier alpha value is -3.40. The fourth-order valence-corrected chi connectivity index (χ4v) is 9.90. The van der Waals surface area contributed by atoms with Crippen LogP contribution in [0, 0.1) is 5.41 Å². The van der Waals surface area contributed by atoms with E-state index in [1.807, 2.05) is 0 Å². The lowest BCUT2D eigenvalue weighted by atomic mass is 9.62. The van der Waals surface area contributed by atoms with Gasteiger partial charge in [0.05, 0.1) is 11.2 Å². The molecule has 4 aromatic carbocycles. The van der Waals surface area contributed by atoms with Crippen molar-refractivity contribution in [3.63, 3.8) is 0 Å². The number of allylic oxidation sites excluding steroid dienone is 4. The van der Waals surface area contributed by atoms with Crippen molar-refractivity contribution in [2.24, 2.45) is 5.41 Å². The standard InChI is InChI=1S/C44H47BO2/c1-40(2)34-19-17-27-14-10-11-15-29(27)39(34)32-26-37-31(25-35(32)40)30-18-16-28(24-36(30)44(37)22-12-9-13-23-44)33-20-21-38(41(33,3)4)45-46-42(5,6)43(7,8)47-45/h10-11,14-21,24-26H,9,12-13,22-23H2,1-8H3. The van der Waals surface area contributed by atoms with Gasteiger partial charge in [-0.05, 0) is 131 Å². The van der Waals surface area contributed by atoms with Crippen LogP contribution in [-0.2, 0) is 20.1 Å². The molecule has 1 saturated heterocycles. The highest BCUT2D eigenvalue weighted by Gasteiger charge is 2.56. The van der Waals surface area contributed by atoms with Crippen molar-refractivity contribution in [1.29, 1.82) is 0 Å². The highest BCUT2D eigenvalue weighted by atomic mass is 16.7. The van der Waals surface area contributed by atoms with Crippen LogP contribution in [0.2, 0.25) is 0 Å². The molecule has 238 valence electrons. The maximum absolute atomic E-state index is 6.56. The quantitative estimate of drug-likeness (QED) is 0.208. The molecule has 1 saturated carbocycles. The van der Waals surface area contributed by atoms with Gasteiger partial charge in [0.25, 0.3) is 0 Å². The van der Waals surface area contributed by atoms with Crippen LogP contribution in [0.15, 0.2) is 84.4 Å². The summed E-state index contributed by atoms with van der Waals surface area (Å²) >= 11 is 0. The Morgan fingerprint density at radius 2 is 1.26 bits per heavy atom. The van der Waals surface area contributed by atoms with Gasteiger partial charge >= 0.3 is 7.12 Å². The molecule has 0 unspecified atom stereocenters. The van der Waals surface area contributed by atoms with Crippen LogP contribution >= 0.6 is 0 Å². The second kappa shape index (κ2) is 9.39. The highest BCUT2D eigenvalue weighted by molar-refractivity contribution is 6.55. The van der Waals surface area contributed by atoms with Crippen molar-refractivity contribution < 1.29 is 9.31 Å². The van der Waals surface area contributed by atoms with Crippen LogP contribution in [0.5, 0.6) is 0 Å². The predicted molar refractivity (Wildman–Crippen MR) is 197 cm³/mol. The van der Waals surface area contributed by atoms with E-state index in [2.05, 4.69) is 134 Å².